The number of fused-ring (bicyclic) bond motifs is 2. The number of oxazole rings is 1. The molecule has 1 aliphatic heterocycles. The van der Waals surface area contributed by atoms with Gasteiger partial charge in [0.25, 0.3) is 6.01 Å². The standard InChI is InChI=1S/C21H20N4O2/c1-13-12-23-17-4-2-14(10-16(17)20(13)25-6-8-26-9-7-25)15-3-5-19-18(11-15)24-21(22)27-19/h2-5,10-12H,6-9H2,1H3,(H2,22,24). The number of hydrogen-bond acceptors (Lipinski definition) is 6. The number of morpholine rings is 1. The minimum atomic E-state index is 0.190. The summed E-state index contributed by atoms with van der Waals surface area (Å²) in [6.45, 7) is 5.43. The topological polar surface area (TPSA) is 77.4 Å². The molecule has 0 bridgehead atoms. The van der Waals surface area contributed by atoms with Crippen LogP contribution in [0.25, 0.3) is 33.1 Å². The van der Waals surface area contributed by atoms with Crippen LogP contribution in [0.2, 0.25) is 0 Å². The monoisotopic (exact) mass is 360 g/mol. The molecule has 6 nitrogen and oxygen atoms in total. The molecular formula is C21H20N4O2. The number of benzene rings is 2. The van der Waals surface area contributed by atoms with Gasteiger partial charge in [-0.15, -0.1) is 0 Å². The summed E-state index contributed by atoms with van der Waals surface area (Å²) in [6.07, 6.45) is 1.96. The molecule has 0 saturated carbocycles. The molecule has 2 aromatic heterocycles. The maximum Gasteiger partial charge on any atom is 0.292 e. The Morgan fingerprint density at radius 1 is 1.00 bits per heavy atom. The second kappa shape index (κ2) is 6.25. The first-order valence-corrected chi connectivity index (χ1v) is 9.07. The van der Waals surface area contributed by atoms with Gasteiger partial charge in [0, 0.05) is 24.7 Å². The maximum absolute atomic E-state index is 5.67. The summed E-state index contributed by atoms with van der Waals surface area (Å²) in [5.74, 6) is 0. The van der Waals surface area contributed by atoms with Gasteiger partial charge in [-0.05, 0) is 47.9 Å². The molecule has 0 atom stereocenters. The maximum atomic E-state index is 5.67. The quantitative estimate of drug-likeness (QED) is 0.586. The van der Waals surface area contributed by atoms with Crippen LogP contribution in [0, 0.1) is 6.92 Å². The Bertz CT molecular complexity index is 1150. The molecule has 0 aliphatic carbocycles. The van der Waals surface area contributed by atoms with E-state index in [0.717, 1.165) is 53.8 Å². The van der Waals surface area contributed by atoms with Crippen LogP contribution in [0.15, 0.2) is 47.0 Å². The van der Waals surface area contributed by atoms with E-state index in [-0.39, 0.29) is 6.01 Å². The summed E-state index contributed by atoms with van der Waals surface area (Å²) < 4.78 is 10.9. The minimum Gasteiger partial charge on any atom is -0.424 e. The first kappa shape index (κ1) is 16.1. The first-order chi connectivity index (χ1) is 13.2. The van der Waals surface area contributed by atoms with Gasteiger partial charge in [-0.3, -0.25) is 4.98 Å². The van der Waals surface area contributed by atoms with Crippen molar-refractivity contribution in [2.75, 3.05) is 36.9 Å². The molecule has 6 heteroatoms. The van der Waals surface area contributed by atoms with E-state index in [1.807, 2.05) is 24.4 Å². The summed E-state index contributed by atoms with van der Waals surface area (Å²) in [6, 6.07) is 12.5. The van der Waals surface area contributed by atoms with Crippen LogP contribution in [0.5, 0.6) is 0 Å². The van der Waals surface area contributed by atoms with Crippen molar-refractivity contribution in [1.29, 1.82) is 0 Å². The zero-order chi connectivity index (χ0) is 18.4. The van der Waals surface area contributed by atoms with E-state index in [1.54, 1.807) is 0 Å². The molecule has 0 radical (unpaired) electrons. The predicted octanol–water partition coefficient (Wildman–Crippen LogP) is 3.77. The summed E-state index contributed by atoms with van der Waals surface area (Å²) in [4.78, 5) is 11.3. The molecule has 2 aromatic carbocycles. The number of aromatic nitrogens is 2. The van der Waals surface area contributed by atoms with Crippen molar-refractivity contribution < 1.29 is 9.15 Å². The molecule has 27 heavy (non-hydrogen) atoms. The molecule has 4 aromatic rings. The highest BCUT2D eigenvalue weighted by Gasteiger charge is 2.17. The lowest BCUT2D eigenvalue weighted by Crippen LogP contribution is -2.36. The second-order valence-electron chi connectivity index (χ2n) is 6.86. The second-order valence-corrected chi connectivity index (χ2v) is 6.86. The van der Waals surface area contributed by atoms with Gasteiger partial charge in [-0.1, -0.05) is 12.1 Å². The number of pyridine rings is 1. The summed E-state index contributed by atoms with van der Waals surface area (Å²) >= 11 is 0. The van der Waals surface area contributed by atoms with Crippen molar-refractivity contribution >= 4 is 33.7 Å². The van der Waals surface area contributed by atoms with Gasteiger partial charge in [0.05, 0.1) is 24.4 Å². The molecule has 0 amide bonds. The fourth-order valence-electron chi connectivity index (χ4n) is 3.79. The lowest BCUT2D eigenvalue weighted by molar-refractivity contribution is 0.123. The highest BCUT2D eigenvalue weighted by molar-refractivity contribution is 5.96. The fourth-order valence-corrected chi connectivity index (χ4v) is 3.79. The summed E-state index contributed by atoms with van der Waals surface area (Å²) in [5.41, 5.74) is 12.8. The van der Waals surface area contributed by atoms with Gasteiger partial charge in [0.1, 0.15) is 5.52 Å². The van der Waals surface area contributed by atoms with Crippen molar-refractivity contribution in [2.24, 2.45) is 0 Å². The lowest BCUT2D eigenvalue weighted by Gasteiger charge is -2.31. The van der Waals surface area contributed by atoms with Crippen LogP contribution in [0.3, 0.4) is 0 Å². The van der Waals surface area contributed by atoms with E-state index in [1.165, 1.54) is 11.3 Å². The Hall–Kier alpha value is -3.12. The Morgan fingerprint density at radius 2 is 1.78 bits per heavy atom. The van der Waals surface area contributed by atoms with E-state index >= 15 is 0 Å². The molecule has 136 valence electrons. The highest BCUT2D eigenvalue weighted by Crippen LogP contribution is 2.34. The van der Waals surface area contributed by atoms with Gasteiger partial charge < -0.3 is 19.8 Å². The van der Waals surface area contributed by atoms with Crippen LogP contribution in [-0.2, 0) is 4.74 Å². The molecule has 1 aliphatic rings. The van der Waals surface area contributed by atoms with Crippen molar-refractivity contribution in [3.05, 3.63) is 48.2 Å². The SMILES string of the molecule is Cc1cnc2ccc(-c3ccc4oc(N)nc4c3)cc2c1N1CCOCC1. The fraction of sp³-hybridized carbons (Fsp3) is 0.238. The third kappa shape index (κ3) is 2.78. The highest BCUT2D eigenvalue weighted by atomic mass is 16.5. The van der Waals surface area contributed by atoms with Crippen molar-refractivity contribution in [1.82, 2.24) is 9.97 Å². The number of hydrogen-bond donors (Lipinski definition) is 1. The molecular weight excluding hydrogens is 340 g/mol. The van der Waals surface area contributed by atoms with Gasteiger partial charge in [-0.25, -0.2) is 0 Å². The normalized spacial score (nSPS) is 14.9. The zero-order valence-corrected chi connectivity index (χ0v) is 15.1. The van der Waals surface area contributed by atoms with Crippen LogP contribution in [-0.4, -0.2) is 36.3 Å². The van der Waals surface area contributed by atoms with Gasteiger partial charge in [0.15, 0.2) is 5.58 Å². The summed E-state index contributed by atoms with van der Waals surface area (Å²) in [5, 5.41) is 1.16. The van der Waals surface area contributed by atoms with E-state index < -0.39 is 0 Å². The van der Waals surface area contributed by atoms with Crippen molar-refractivity contribution in [3.63, 3.8) is 0 Å². The zero-order valence-electron chi connectivity index (χ0n) is 15.1. The smallest absolute Gasteiger partial charge is 0.292 e. The molecule has 5 rings (SSSR count). The van der Waals surface area contributed by atoms with E-state index in [2.05, 4.69) is 40.0 Å². The molecule has 3 heterocycles. The summed E-state index contributed by atoms with van der Waals surface area (Å²) in [7, 11) is 0. The number of ether oxygens (including phenoxy) is 1. The average molecular weight is 360 g/mol. The first-order valence-electron chi connectivity index (χ1n) is 9.07. The van der Waals surface area contributed by atoms with Gasteiger partial charge in [-0.2, -0.15) is 4.98 Å². The van der Waals surface area contributed by atoms with Crippen LogP contribution in [0.4, 0.5) is 11.7 Å². The van der Waals surface area contributed by atoms with Gasteiger partial charge in [0.2, 0.25) is 0 Å². The molecule has 1 fully saturated rings. The number of nitrogens with two attached hydrogens (primary N) is 1. The Balaban J connectivity index is 1.66. The van der Waals surface area contributed by atoms with Crippen LogP contribution in [0.1, 0.15) is 5.56 Å². The Morgan fingerprint density at radius 3 is 2.63 bits per heavy atom. The van der Waals surface area contributed by atoms with E-state index in [0.29, 0.717) is 5.58 Å². The van der Waals surface area contributed by atoms with E-state index in [9.17, 15) is 0 Å². The van der Waals surface area contributed by atoms with Crippen molar-refractivity contribution in [2.45, 2.75) is 6.92 Å². The molecule has 2 N–H and O–H groups in total. The Kier molecular flexibility index (Phi) is 3.72. The lowest BCUT2D eigenvalue weighted by atomic mass is 10.0. The van der Waals surface area contributed by atoms with Gasteiger partial charge >= 0.3 is 0 Å². The predicted molar refractivity (Wildman–Crippen MR) is 107 cm³/mol. The van der Waals surface area contributed by atoms with Crippen molar-refractivity contribution in [3.8, 4) is 11.1 Å². The largest absolute Gasteiger partial charge is 0.424 e. The third-order valence-electron chi connectivity index (χ3n) is 5.09. The number of anilines is 2. The van der Waals surface area contributed by atoms with Crippen LogP contribution < -0.4 is 10.6 Å². The molecule has 1 saturated heterocycles. The van der Waals surface area contributed by atoms with E-state index in [4.69, 9.17) is 14.9 Å². The average Bonchev–Trinajstić information content (AvgIpc) is 3.07. The molecule has 0 unspecified atom stereocenters. The number of nitrogen functional groups attached to an aromatic ring is 1. The molecule has 0 spiro atoms. The third-order valence-corrected chi connectivity index (χ3v) is 5.09. The minimum absolute atomic E-state index is 0.190. The number of nitrogens with zero attached hydrogens (tertiary/aromatic N) is 3. The number of aryl methyl sites for hydroxylation is 1. The van der Waals surface area contributed by atoms with Crippen LogP contribution >= 0.6 is 0 Å². The Labute approximate surface area is 156 Å². The number of rotatable bonds is 2.